The van der Waals surface area contributed by atoms with Crippen LogP contribution in [0, 0.1) is 0 Å². The molecule has 0 saturated carbocycles. The zero-order valence-electron chi connectivity index (χ0n) is 9.11. The lowest BCUT2D eigenvalue weighted by atomic mass is 10.3. The molecule has 0 spiro atoms. The number of piperazine rings is 1. The minimum absolute atomic E-state index is 0.125. The van der Waals surface area contributed by atoms with E-state index in [9.17, 15) is 9.59 Å². The van der Waals surface area contributed by atoms with Gasteiger partial charge < -0.3 is 21.5 Å². The molecule has 0 bridgehead atoms. The largest absolute Gasteiger partial charge is 0.381 e. The minimum atomic E-state index is -1.31. The van der Waals surface area contributed by atoms with Crippen LogP contribution >= 0.6 is 0 Å². The summed E-state index contributed by atoms with van der Waals surface area (Å²) in [6.07, 6.45) is -1.31. The third-order valence-corrected chi connectivity index (χ3v) is 2.40. The molecule has 1 unspecified atom stereocenters. The number of aliphatic hydroxyl groups excluding tert-OH is 1. The van der Waals surface area contributed by atoms with Crippen LogP contribution in [-0.2, 0) is 9.59 Å². The summed E-state index contributed by atoms with van der Waals surface area (Å²) in [5, 5.41) is 14.7. The molecule has 0 aromatic heterocycles. The highest BCUT2D eigenvalue weighted by molar-refractivity contribution is 5.81. The SMILES string of the molecule is NC(=O)C(O)CNC(=O)CN1CCNCC1. The van der Waals surface area contributed by atoms with Crippen molar-refractivity contribution in [3.63, 3.8) is 0 Å². The van der Waals surface area contributed by atoms with Crippen LogP contribution in [0.4, 0.5) is 0 Å². The Morgan fingerprint density at radius 3 is 2.62 bits per heavy atom. The molecule has 7 nitrogen and oxygen atoms in total. The average Bonchev–Trinajstić information content (AvgIpc) is 2.27. The standard InChI is InChI=1S/C9H18N4O3/c10-9(16)7(14)5-12-8(15)6-13-3-1-11-2-4-13/h7,11,14H,1-6H2,(H2,10,16)(H,12,15). The van der Waals surface area contributed by atoms with Crippen molar-refractivity contribution in [2.45, 2.75) is 6.10 Å². The van der Waals surface area contributed by atoms with Gasteiger partial charge in [0.05, 0.1) is 13.1 Å². The summed E-state index contributed by atoms with van der Waals surface area (Å²) >= 11 is 0. The van der Waals surface area contributed by atoms with E-state index in [1.54, 1.807) is 0 Å². The van der Waals surface area contributed by atoms with Crippen LogP contribution in [0.5, 0.6) is 0 Å². The number of hydrogen-bond donors (Lipinski definition) is 4. The lowest BCUT2D eigenvalue weighted by Gasteiger charge is -2.26. The van der Waals surface area contributed by atoms with Gasteiger partial charge in [-0.2, -0.15) is 0 Å². The van der Waals surface area contributed by atoms with Crippen LogP contribution in [0.3, 0.4) is 0 Å². The van der Waals surface area contributed by atoms with Crippen molar-refractivity contribution in [3.05, 3.63) is 0 Å². The number of hydrogen-bond acceptors (Lipinski definition) is 5. The van der Waals surface area contributed by atoms with Gasteiger partial charge in [0, 0.05) is 26.2 Å². The highest BCUT2D eigenvalue weighted by Gasteiger charge is 2.15. The maximum absolute atomic E-state index is 11.4. The summed E-state index contributed by atoms with van der Waals surface area (Å²) in [7, 11) is 0. The summed E-state index contributed by atoms with van der Waals surface area (Å²) in [5.41, 5.74) is 4.85. The number of carbonyl (C=O) groups is 2. The van der Waals surface area contributed by atoms with E-state index in [0.717, 1.165) is 26.2 Å². The van der Waals surface area contributed by atoms with Gasteiger partial charge >= 0.3 is 0 Å². The molecule has 0 radical (unpaired) electrons. The monoisotopic (exact) mass is 230 g/mol. The van der Waals surface area contributed by atoms with Gasteiger partial charge in [-0.15, -0.1) is 0 Å². The highest BCUT2D eigenvalue weighted by Crippen LogP contribution is 1.91. The molecule has 0 aromatic rings. The van der Waals surface area contributed by atoms with Gasteiger partial charge in [-0.3, -0.25) is 14.5 Å². The second kappa shape index (κ2) is 6.41. The number of rotatable bonds is 5. The van der Waals surface area contributed by atoms with E-state index in [0.29, 0.717) is 0 Å². The Bertz CT molecular complexity index is 253. The first-order valence-corrected chi connectivity index (χ1v) is 5.26. The van der Waals surface area contributed by atoms with E-state index in [4.69, 9.17) is 10.8 Å². The Labute approximate surface area is 94.0 Å². The summed E-state index contributed by atoms with van der Waals surface area (Å²) in [6, 6.07) is 0. The Balaban J connectivity index is 2.17. The maximum atomic E-state index is 11.4. The lowest BCUT2D eigenvalue weighted by Crippen LogP contribution is -2.49. The molecular formula is C9H18N4O3. The van der Waals surface area contributed by atoms with Gasteiger partial charge in [0.2, 0.25) is 11.8 Å². The zero-order chi connectivity index (χ0) is 12.0. The Hall–Kier alpha value is -1.18. The van der Waals surface area contributed by atoms with Crippen LogP contribution in [0.15, 0.2) is 0 Å². The topological polar surface area (TPSA) is 108 Å². The van der Waals surface area contributed by atoms with Crippen LogP contribution in [0.1, 0.15) is 0 Å². The molecule has 1 fully saturated rings. The van der Waals surface area contributed by atoms with E-state index in [2.05, 4.69) is 10.6 Å². The number of nitrogens with one attached hydrogen (secondary N) is 2. The normalized spacial score (nSPS) is 19.1. The first kappa shape index (κ1) is 12.9. The predicted octanol–water partition coefficient (Wildman–Crippen LogP) is -3.15. The quantitative estimate of drug-likeness (QED) is 0.399. The molecule has 0 aromatic carbocycles. The van der Waals surface area contributed by atoms with Gasteiger partial charge in [-0.25, -0.2) is 0 Å². The van der Waals surface area contributed by atoms with E-state index >= 15 is 0 Å². The fraction of sp³-hybridized carbons (Fsp3) is 0.778. The van der Waals surface area contributed by atoms with E-state index in [1.165, 1.54) is 0 Å². The van der Waals surface area contributed by atoms with Crippen LogP contribution in [-0.4, -0.2) is 67.2 Å². The third kappa shape index (κ3) is 4.56. The minimum Gasteiger partial charge on any atom is -0.381 e. The van der Waals surface area contributed by atoms with Crippen LogP contribution < -0.4 is 16.4 Å². The van der Waals surface area contributed by atoms with Gasteiger partial charge in [0.25, 0.3) is 0 Å². The summed E-state index contributed by atoms with van der Waals surface area (Å²) < 4.78 is 0. The van der Waals surface area contributed by atoms with Crippen molar-refractivity contribution in [1.29, 1.82) is 0 Å². The predicted molar refractivity (Wildman–Crippen MR) is 57.5 cm³/mol. The van der Waals surface area contributed by atoms with Crippen molar-refractivity contribution in [2.75, 3.05) is 39.3 Å². The molecule has 0 aliphatic carbocycles. The van der Waals surface area contributed by atoms with Gasteiger partial charge in [0.15, 0.2) is 0 Å². The van der Waals surface area contributed by atoms with Crippen LogP contribution in [0.2, 0.25) is 0 Å². The number of carbonyl (C=O) groups excluding carboxylic acids is 2. The summed E-state index contributed by atoms with van der Waals surface area (Å²) in [5.74, 6) is -1.04. The lowest BCUT2D eigenvalue weighted by molar-refractivity contribution is -0.127. The molecule has 1 aliphatic heterocycles. The molecule has 1 aliphatic rings. The number of aliphatic hydroxyl groups is 1. The number of nitrogens with zero attached hydrogens (tertiary/aromatic N) is 1. The van der Waals surface area contributed by atoms with Gasteiger partial charge in [-0.05, 0) is 0 Å². The van der Waals surface area contributed by atoms with Crippen molar-refractivity contribution < 1.29 is 14.7 Å². The number of primary amides is 1. The van der Waals surface area contributed by atoms with Crippen molar-refractivity contribution >= 4 is 11.8 Å². The number of nitrogens with two attached hydrogens (primary N) is 1. The van der Waals surface area contributed by atoms with Crippen molar-refractivity contribution in [1.82, 2.24) is 15.5 Å². The fourth-order valence-corrected chi connectivity index (χ4v) is 1.44. The molecule has 1 rings (SSSR count). The summed E-state index contributed by atoms with van der Waals surface area (Å²) in [6.45, 7) is 3.55. The average molecular weight is 230 g/mol. The third-order valence-electron chi connectivity index (χ3n) is 2.40. The van der Waals surface area contributed by atoms with Gasteiger partial charge in [-0.1, -0.05) is 0 Å². The van der Waals surface area contributed by atoms with Crippen molar-refractivity contribution in [2.24, 2.45) is 5.73 Å². The smallest absolute Gasteiger partial charge is 0.248 e. The van der Waals surface area contributed by atoms with E-state index in [-0.39, 0.29) is 19.0 Å². The number of amides is 2. The molecule has 5 N–H and O–H groups in total. The van der Waals surface area contributed by atoms with E-state index in [1.807, 2.05) is 4.90 Å². The Kier molecular flexibility index (Phi) is 5.17. The first-order valence-electron chi connectivity index (χ1n) is 5.26. The fourth-order valence-electron chi connectivity index (χ4n) is 1.44. The second-order valence-corrected chi connectivity index (χ2v) is 3.75. The molecule has 92 valence electrons. The zero-order valence-corrected chi connectivity index (χ0v) is 9.11. The van der Waals surface area contributed by atoms with E-state index < -0.39 is 12.0 Å². The van der Waals surface area contributed by atoms with Crippen molar-refractivity contribution in [3.8, 4) is 0 Å². The maximum Gasteiger partial charge on any atom is 0.248 e. The molecule has 1 saturated heterocycles. The molecule has 1 atom stereocenters. The first-order chi connectivity index (χ1) is 7.59. The molecular weight excluding hydrogens is 212 g/mol. The summed E-state index contributed by atoms with van der Waals surface area (Å²) in [4.78, 5) is 23.9. The van der Waals surface area contributed by atoms with Crippen LogP contribution in [0.25, 0.3) is 0 Å². The Morgan fingerprint density at radius 1 is 1.44 bits per heavy atom. The molecule has 7 heteroatoms. The Morgan fingerprint density at radius 2 is 2.06 bits per heavy atom. The highest BCUT2D eigenvalue weighted by atomic mass is 16.3. The molecule has 1 heterocycles. The molecule has 2 amide bonds. The molecule has 16 heavy (non-hydrogen) atoms. The second-order valence-electron chi connectivity index (χ2n) is 3.75. The van der Waals surface area contributed by atoms with Gasteiger partial charge in [0.1, 0.15) is 6.10 Å².